The SMILES string of the molecule is Cc1ccc(-n2c(SCC(=O)Nc3sc4c(c3C(N)=O)CCC4)nnc2N2CCCCC2)cc1. The Balaban J connectivity index is 1.35. The van der Waals surface area contributed by atoms with Gasteiger partial charge in [-0.25, -0.2) is 0 Å². The number of rotatable bonds is 7. The Kier molecular flexibility index (Phi) is 6.60. The summed E-state index contributed by atoms with van der Waals surface area (Å²) in [6, 6.07) is 8.25. The summed E-state index contributed by atoms with van der Waals surface area (Å²) in [4.78, 5) is 28.3. The van der Waals surface area contributed by atoms with Gasteiger partial charge in [-0.3, -0.25) is 14.2 Å². The maximum Gasteiger partial charge on any atom is 0.251 e. The van der Waals surface area contributed by atoms with Crippen LogP contribution in [0, 0.1) is 6.92 Å². The summed E-state index contributed by atoms with van der Waals surface area (Å²) in [6.07, 6.45) is 6.31. The van der Waals surface area contributed by atoms with Crippen molar-refractivity contribution >= 4 is 45.9 Å². The van der Waals surface area contributed by atoms with Crippen LogP contribution in [0.1, 0.15) is 52.0 Å². The summed E-state index contributed by atoms with van der Waals surface area (Å²) in [5.41, 5.74) is 9.26. The highest BCUT2D eigenvalue weighted by molar-refractivity contribution is 7.99. The lowest BCUT2D eigenvalue weighted by atomic mass is 10.1. The fourth-order valence-electron chi connectivity index (χ4n) is 4.62. The number of thiophene rings is 1. The maximum absolute atomic E-state index is 12.8. The second kappa shape index (κ2) is 9.79. The zero-order valence-corrected chi connectivity index (χ0v) is 20.8. The standard InChI is InChI=1S/C24H28N6O2S2/c1-15-8-10-16(11-9-15)30-23(29-12-3-2-4-13-29)27-28-24(30)33-14-19(31)26-22-20(21(25)32)17-6-5-7-18(17)34-22/h8-11H,2-7,12-14H2,1H3,(H2,25,32)(H,26,31). The lowest BCUT2D eigenvalue weighted by Gasteiger charge is -2.27. The molecule has 1 saturated heterocycles. The molecule has 8 nitrogen and oxygen atoms in total. The number of nitrogens with zero attached hydrogens (tertiary/aromatic N) is 4. The first kappa shape index (κ1) is 22.9. The van der Waals surface area contributed by atoms with Crippen LogP contribution >= 0.6 is 23.1 Å². The summed E-state index contributed by atoms with van der Waals surface area (Å²) >= 11 is 2.81. The van der Waals surface area contributed by atoms with Crippen molar-refractivity contribution in [2.24, 2.45) is 5.73 Å². The van der Waals surface area contributed by atoms with Crippen LogP contribution in [0.3, 0.4) is 0 Å². The van der Waals surface area contributed by atoms with Crippen LogP contribution in [-0.4, -0.2) is 45.4 Å². The van der Waals surface area contributed by atoms with Crippen LogP contribution < -0.4 is 16.0 Å². The Morgan fingerprint density at radius 1 is 1.09 bits per heavy atom. The molecule has 5 rings (SSSR count). The number of hydrogen-bond donors (Lipinski definition) is 2. The van der Waals surface area contributed by atoms with E-state index in [0.29, 0.717) is 15.7 Å². The van der Waals surface area contributed by atoms with Crippen molar-refractivity contribution in [3.05, 3.63) is 45.8 Å². The highest BCUT2D eigenvalue weighted by Crippen LogP contribution is 2.39. The summed E-state index contributed by atoms with van der Waals surface area (Å²) in [5, 5.41) is 13.1. The van der Waals surface area contributed by atoms with E-state index in [1.54, 1.807) is 0 Å². The number of primary amides is 1. The zero-order valence-electron chi connectivity index (χ0n) is 19.2. The average Bonchev–Trinajstić information content (AvgIpc) is 3.53. The molecule has 1 fully saturated rings. The quantitative estimate of drug-likeness (QED) is 0.480. The third-order valence-corrected chi connectivity index (χ3v) is 8.44. The highest BCUT2D eigenvalue weighted by Gasteiger charge is 2.27. The van der Waals surface area contributed by atoms with Crippen LogP contribution in [0.2, 0.25) is 0 Å². The van der Waals surface area contributed by atoms with Crippen LogP contribution in [-0.2, 0) is 17.6 Å². The molecule has 2 aromatic heterocycles. The molecule has 0 atom stereocenters. The number of piperidine rings is 1. The first-order valence-corrected chi connectivity index (χ1v) is 13.5. The number of fused-ring (bicyclic) bond motifs is 1. The molecule has 1 aromatic carbocycles. The first-order chi connectivity index (χ1) is 16.5. The van der Waals surface area contributed by atoms with Crippen LogP contribution in [0.15, 0.2) is 29.4 Å². The van der Waals surface area contributed by atoms with Crippen LogP contribution in [0.25, 0.3) is 5.69 Å². The number of thioether (sulfide) groups is 1. The predicted octanol–water partition coefficient (Wildman–Crippen LogP) is 3.95. The molecule has 2 aliphatic rings. The second-order valence-corrected chi connectivity index (χ2v) is 10.8. The molecule has 3 heterocycles. The molecule has 0 unspecified atom stereocenters. The van der Waals surface area contributed by atoms with E-state index in [2.05, 4.69) is 51.6 Å². The molecule has 0 spiro atoms. The Labute approximate surface area is 206 Å². The Morgan fingerprint density at radius 3 is 2.59 bits per heavy atom. The average molecular weight is 497 g/mol. The fraction of sp³-hybridized carbons (Fsp3) is 0.417. The number of amides is 2. The number of aryl methyl sites for hydroxylation is 2. The number of hydrogen-bond acceptors (Lipinski definition) is 7. The number of carbonyl (C=O) groups is 2. The Morgan fingerprint density at radius 2 is 1.85 bits per heavy atom. The van der Waals surface area contributed by atoms with Crippen molar-refractivity contribution < 1.29 is 9.59 Å². The van der Waals surface area contributed by atoms with Crippen molar-refractivity contribution in [1.82, 2.24) is 14.8 Å². The Bertz CT molecular complexity index is 1210. The van der Waals surface area contributed by atoms with Gasteiger partial charge in [0, 0.05) is 18.0 Å². The number of anilines is 2. The molecule has 0 saturated carbocycles. The minimum atomic E-state index is -0.479. The van der Waals surface area contributed by atoms with Gasteiger partial charge in [0.1, 0.15) is 5.00 Å². The van der Waals surface area contributed by atoms with Gasteiger partial charge in [0.05, 0.1) is 17.0 Å². The summed E-state index contributed by atoms with van der Waals surface area (Å²) in [7, 11) is 0. The smallest absolute Gasteiger partial charge is 0.251 e. The number of nitrogens with one attached hydrogen (secondary N) is 1. The molecule has 3 N–H and O–H groups in total. The van der Waals surface area contributed by atoms with Gasteiger partial charge in [0.25, 0.3) is 5.91 Å². The normalized spacial score (nSPS) is 15.4. The van der Waals surface area contributed by atoms with Crippen LogP contribution in [0.4, 0.5) is 10.9 Å². The van der Waals surface area contributed by atoms with E-state index >= 15 is 0 Å². The molecule has 1 aliphatic carbocycles. The van der Waals surface area contributed by atoms with E-state index in [4.69, 9.17) is 5.73 Å². The largest absolute Gasteiger partial charge is 0.365 e. The monoisotopic (exact) mass is 496 g/mol. The fourth-order valence-corrected chi connectivity index (χ4v) is 6.68. The van der Waals surface area contributed by atoms with E-state index in [9.17, 15) is 9.59 Å². The summed E-state index contributed by atoms with van der Waals surface area (Å²) in [5.74, 6) is 0.306. The molecular weight excluding hydrogens is 468 g/mol. The van der Waals surface area contributed by atoms with Crippen molar-refractivity contribution in [3.8, 4) is 5.69 Å². The third-order valence-electron chi connectivity index (χ3n) is 6.30. The maximum atomic E-state index is 12.8. The number of nitrogens with two attached hydrogens (primary N) is 1. The molecular formula is C24H28N6O2S2. The summed E-state index contributed by atoms with van der Waals surface area (Å²) in [6.45, 7) is 3.96. The van der Waals surface area contributed by atoms with Crippen molar-refractivity contribution in [2.45, 2.75) is 50.6 Å². The topological polar surface area (TPSA) is 106 Å². The lowest BCUT2D eigenvalue weighted by Crippen LogP contribution is -2.31. The van der Waals surface area contributed by atoms with E-state index in [-0.39, 0.29) is 11.7 Å². The molecule has 3 aromatic rings. The van der Waals surface area contributed by atoms with E-state index in [0.717, 1.165) is 67.3 Å². The van der Waals surface area contributed by atoms with Gasteiger partial charge in [-0.2, -0.15) is 0 Å². The molecule has 178 valence electrons. The van der Waals surface area contributed by atoms with Gasteiger partial charge in [-0.15, -0.1) is 21.5 Å². The van der Waals surface area contributed by atoms with Gasteiger partial charge >= 0.3 is 0 Å². The van der Waals surface area contributed by atoms with Crippen LogP contribution in [0.5, 0.6) is 0 Å². The zero-order chi connectivity index (χ0) is 23.7. The van der Waals surface area contributed by atoms with Gasteiger partial charge in [-0.1, -0.05) is 29.5 Å². The summed E-state index contributed by atoms with van der Waals surface area (Å²) < 4.78 is 2.04. The van der Waals surface area contributed by atoms with Gasteiger partial charge in [0.2, 0.25) is 11.9 Å². The first-order valence-electron chi connectivity index (χ1n) is 11.7. The van der Waals surface area contributed by atoms with Gasteiger partial charge in [-0.05, 0) is 63.1 Å². The number of carbonyl (C=O) groups excluding carboxylic acids is 2. The molecule has 34 heavy (non-hydrogen) atoms. The molecule has 2 amide bonds. The number of benzene rings is 1. The molecule has 0 radical (unpaired) electrons. The third kappa shape index (κ3) is 4.56. The number of aromatic nitrogens is 3. The second-order valence-electron chi connectivity index (χ2n) is 8.76. The molecule has 1 aliphatic heterocycles. The van der Waals surface area contributed by atoms with E-state index in [1.165, 1.54) is 35.1 Å². The lowest BCUT2D eigenvalue weighted by molar-refractivity contribution is -0.113. The van der Waals surface area contributed by atoms with Gasteiger partial charge in [0.15, 0.2) is 5.16 Å². The van der Waals surface area contributed by atoms with E-state index in [1.807, 2.05) is 4.57 Å². The Hall–Kier alpha value is -2.85. The molecule has 0 bridgehead atoms. The van der Waals surface area contributed by atoms with Gasteiger partial charge < -0.3 is 16.0 Å². The van der Waals surface area contributed by atoms with Crippen molar-refractivity contribution in [2.75, 3.05) is 29.1 Å². The molecule has 10 heteroatoms. The minimum Gasteiger partial charge on any atom is -0.365 e. The van der Waals surface area contributed by atoms with Crippen molar-refractivity contribution in [1.29, 1.82) is 0 Å². The highest BCUT2D eigenvalue weighted by atomic mass is 32.2. The minimum absolute atomic E-state index is 0.158. The van der Waals surface area contributed by atoms with Crippen molar-refractivity contribution in [3.63, 3.8) is 0 Å². The predicted molar refractivity (Wildman–Crippen MR) is 136 cm³/mol. The van der Waals surface area contributed by atoms with E-state index < -0.39 is 5.91 Å².